The quantitative estimate of drug-likeness (QED) is 0.781. The number of likely N-dealkylation sites (tertiary alicyclic amines) is 1. The summed E-state index contributed by atoms with van der Waals surface area (Å²) >= 11 is 0. The van der Waals surface area contributed by atoms with Gasteiger partial charge in [0.2, 0.25) is 0 Å². The maximum atomic E-state index is 12.7. The second-order valence-corrected chi connectivity index (χ2v) is 5.48. The molecule has 0 saturated carbocycles. The topological polar surface area (TPSA) is 88.1 Å². The summed E-state index contributed by atoms with van der Waals surface area (Å²) in [5, 5.41) is 11.6. The number of rotatable bonds is 7. The number of ether oxygens (including phenoxy) is 2. The molecule has 2 N–H and O–H groups in total. The molecule has 1 saturated heterocycles. The summed E-state index contributed by atoms with van der Waals surface area (Å²) in [6.07, 6.45) is 0.391. The van der Waals surface area contributed by atoms with Crippen LogP contribution in [0, 0.1) is 5.92 Å². The minimum Gasteiger partial charge on any atom is -0.490 e. The van der Waals surface area contributed by atoms with Crippen LogP contribution >= 0.6 is 0 Å². The van der Waals surface area contributed by atoms with Crippen molar-refractivity contribution in [2.75, 3.05) is 19.7 Å². The molecule has 1 aromatic carbocycles. The Kier molecular flexibility index (Phi) is 6.37. The average molecular weight is 358 g/mol. The fourth-order valence-electron chi connectivity index (χ4n) is 2.62. The third-order valence-electron chi connectivity index (χ3n) is 3.82. The Labute approximate surface area is 143 Å². The van der Waals surface area contributed by atoms with E-state index in [-0.39, 0.29) is 31.2 Å². The highest BCUT2D eigenvalue weighted by atomic mass is 19.3. The van der Waals surface area contributed by atoms with Crippen LogP contribution in [-0.2, 0) is 11.3 Å². The molecule has 0 radical (unpaired) electrons. The molecular formula is C16H20F2N2O5. The van der Waals surface area contributed by atoms with Crippen molar-refractivity contribution in [1.82, 2.24) is 10.2 Å². The van der Waals surface area contributed by atoms with Crippen LogP contribution in [0.2, 0.25) is 0 Å². The summed E-state index contributed by atoms with van der Waals surface area (Å²) in [5.41, 5.74) is 0.341. The molecule has 0 aliphatic carbocycles. The first kappa shape index (κ1) is 18.8. The average Bonchev–Trinajstić information content (AvgIpc) is 3.05. The van der Waals surface area contributed by atoms with Gasteiger partial charge in [-0.2, -0.15) is 8.78 Å². The number of aliphatic carboxylic acids is 1. The van der Waals surface area contributed by atoms with Gasteiger partial charge in [-0.05, 0) is 19.4 Å². The van der Waals surface area contributed by atoms with Crippen molar-refractivity contribution in [3.05, 3.63) is 23.8 Å². The van der Waals surface area contributed by atoms with Crippen molar-refractivity contribution in [3.63, 3.8) is 0 Å². The van der Waals surface area contributed by atoms with Crippen LogP contribution in [0.5, 0.6) is 11.5 Å². The molecule has 1 aliphatic heterocycles. The number of carbonyl (C=O) groups is 2. The zero-order chi connectivity index (χ0) is 18.4. The zero-order valence-electron chi connectivity index (χ0n) is 13.7. The monoisotopic (exact) mass is 358 g/mol. The van der Waals surface area contributed by atoms with Crippen LogP contribution in [0.4, 0.5) is 13.6 Å². The van der Waals surface area contributed by atoms with Gasteiger partial charge in [0.15, 0.2) is 11.5 Å². The minimum absolute atomic E-state index is 0.0456. The normalized spacial score (nSPS) is 16.8. The number of amides is 2. The maximum absolute atomic E-state index is 12.7. The molecule has 1 atom stereocenters. The fraction of sp³-hybridized carbons (Fsp3) is 0.500. The molecule has 1 heterocycles. The van der Waals surface area contributed by atoms with Crippen molar-refractivity contribution in [2.24, 2.45) is 5.92 Å². The standard InChI is InChI=1S/C16H20F2N2O5/c1-2-24-12-5-3-4-10(13(12)25-15(17)18)8-19-16(23)20-7-6-11(9-20)14(21)22/h3-5,11,15H,2,6-9H2,1H3,(H,19,23)(H,21,22). The highest BCUT2D eigenvalue weighted by molar-refractivity contribution is 5.77. The van der Waals surface area contributed by atoms with E-state index in [0.717, 1.165) is 0 Å². The predicted octanol–water partition coefficient (Wildman–Crippen LogP) is 2.30. The minimum atomic E-state index is -3.02. The molecule has 2 rings (SSSR count). The van der Waals surface area contributed by atoms with Gasteiger partial charge in [0.05, 0.1) is 12.5 Å². The third kappa shape index (κ3) is 4.94. The first-order valence-corrected chi connectivity index (χ1v) is 7.87. The number of urea groups is 1. The van der Waals surface area contributed by atoms with E-state index in [4.69, 9.17) is 9.84 Å². The Hall–Kier alpha value is -2.58. The Balaban J connectivity index is 2.03. The number of hydrogen-bond donors (Lipinski definition) is 2. The molecule has 25 heavy (non-hydrogen) atoms. The smallest absolute Gasteiger partial charge is 0.387 e. The summed E-state index contributed by atoms with van der Waals surface area (Å²) in [5.74, 6) is -1.47. The Morgan fingerprint density at radius 3 is 2.80 bits per heavy atom. The molecule has 1 aromatic rings. The highest BCUT2D eigenvalue weighted by Gasteiger charge is 2.30. The largest absolute Gasteiger partial charge is 0.490 e. The Morgan fingerprint density at radius 2 is 2.20 bits per heavy atom. The molecule has 1 unspecified atom stereocenters. The summed E-state index contributed by atoms with van der Waals surface area (Å²) in [6, 6.07) is 4.21. The number of carboxylic acid groups (broad SMARTS) is 1. The van der Waals surface area contributed by atoms with Gasteiger partial charge in [-0.25, -0.2) is 4.79 Å². The number of hydrogen-bond acceptors (Lipinski definition) is 4. The lowest BCUT2D eigenvalue weighted by Gasteiger charge is -2.19. The van der Waals surface area contributed by atoms with Crippen LogP contribution in [-0.4, -0.2) is 48.3 Å². The zero-order valence-corrected chi connectivity index (χ0v) is 13.7. The van der Waals surface area contributed by atoms with Crippen molar-refractivity contribution in [3.8, 4) is 11.5 Å². The lowest BCUT2D eigenvalue weighted by Crippen LogP contribution is -2.38. The first-order valence-electron chi connectivity index (χ1n) is 7.87. The van der Waals surface area contributed by atoms with Gasteiger partial charge in [-0.15, -0.1) is 0 Å². The first-order chi connectivity index (χ1) is 11.9. The van der Waals surface area contributed by atoms with Gasteiger partial charge < -0.3 is 24.8 Å². The number of carboxylic acids is 1. The van der Waals surface area contributed by atoms with E-state index in [1.165, 1.54) is 11.0 Å². The van der Waals surface area contributed by atoms with E-state index in [2.05, 4.69) is 10.1 Å². The van der Waals surface area contributed by atoms with E-state index < -0.39 is 24.5 Å². The van der Waals surface area contributed by atoms with Crippen molar-refractivity contribution in [1.29, 1.82) is 0 Å². The summed E-state index contributed by atoms with van der Waals surface area (Å²) in [7, 11) is 0. The van der Waals surface area contributed by atoms with E-state index in [0.29, 0.717) is 18.5 Å². The number of carbonyl (C=O) groups excluding carboxylic acids is 1. The number of nitrogens with one attached hydrogen (secondary N) is 1. The fourth-order valence-corrected chi connectivity index (χ4v) is 2.62. The molecule has 0 bridgehead atoms. The van der Waals surface area contributed by atoms with Crippen LogP contribution < -0.4 is 14.8 Å². The van der Waals surface area contributed by atoms with Gasteiger partial charge in [0.25, 0.3) is 0 Å². The molecule has 0 aromatic heterocycles. The molecular weight excluding hydrogens is 338 g/mol. The van der Waals surface area contributed by atoms with E-state index in [9.17, 15) is 18.4 Å². The second kappa shape index (κ2) is 8.50. The van der Waals surface area contributed by atoms with Gasteiger partial charge in [-0.3, -0.25) is 4.79 Å². The number of para-hydroxylation sites is 1. The molecule has 0 spiro atoms. The van der Waals surface area contributed by atoms with Crippen LogP contribution in [0.15, 0.2) is 18.2 Å². The number of benzene rings is 1. The number of nitrogens with zero attached hydrogens (tertiary/aromatic N) is 1. The molecule has 2 amide bonds. The van der Waals surface area contributed by atoms with Crippen LogP contribution in [0.1, 0.15) is 18.9 Å². The van der Waals surface area contributed by atoms with Crippen LogP contribution in [0.3, 0.4) is 0 Å². The van der Waals surface area contributed by atoms with Gasteiger partial charge in [-0.1, -0.05) is 12.1 Å². The Morgan fingerprint density at radius 1 is 1.44 bits per heavy atom. The van der Waals surface area contributed by atoms with Crippen LogP contribution in [0.25, 0.3) is 0 Å². The maximum Gasteiger partial charge on any atom is 0.387 e. The molecule has 1 aliphatic rings. The highest BCUT2D eigenvalue weighted by Crippen LogP contribution is 2.32. The molecule has 9 heteroatoms. The number of alkyl halides is 2. The second-order valence-electron chi connectivity index (χ2n) is 5.48. The third-order valence-corrected chi connectivity index (χ3v) is 3.82. The van der Waals surface area contributed by atoms with Crippen molar-refractivity contribution < 1.29 is 33.0 Å². The summed E-state index contributed by atoms with van der Waals surface area (Å²) < 4.78 is 35.1. The molecule has 1 fully saturated rings. The van der Waals surface area contributed by atoms with E-state index >= 15 is 0 Å². The molecule has 138 valence electrons. The Bertz CT molecular complexity index is 627. The SMILES string of the molecule is CCOc1cccc(CNC(=O)N2CCC(C(=O)O)C2)c1OC(F)F. The predicted molar refractivity (Wildman–Crippen MR) is 83.8 cm³/mol. The van der Waals surface area contributed by atoms with Gasteiger partial charge in [0.1, 0.15) is 0 Å². The lowest BCUT2D eigenvalue weighted by molar-refractivity contribution is -0.141. The summed E-state index contributed by atoms with van der Waals surface area (Å²) in [4.78, 5) is 24.5. The van der Waals surface area contributed by atoms with Gasteiger partial charge >= 0.3 is 18.6 Å². The van der Waals surface area contributed by atoms with Gasteiger partial charge in [0, 0.05) is 25.2 Å². The molecule has 7 nitrogen and oxygen atoms in total. The van der Waals surface area contributed by atoms with Crippen molar-refractivity contribution >= 4 is 12.0 Å². The summed E-state index contributed by atoms with van der Waals surface area (Å²) in [6.45, 7) is -0.614. The number of halogens is 2. The van der Waals surface area contributed by atoms with E-state index in [1.807, 2.05) is 0 Å². The van der Waals surface area contributed by atoms with Crippen molar-refractivity contribution in [2.45, 2.75) is 26.5 Å². The lowest BCUT2D eigenvalue weighted by atomic mass is 10.1. The van der Waals surface area contributed by atoms with E-state index in [1.54, 1.807) is 19.1 Å².